The highest BCUT2D eigenvalue weighted by molar-refractivity contribution is 7.89. The Morgan fingerprint density at radius 1 is 1.07 bits per heavy atom. The van der Waals surface area contributed by atoms with Crippen LogP contribution in [0.1, 0.15) is 11.7 Å². The Balaban J connectivity index is 1.84. The molecule has 2 aromatic rings. The van der Waals surface area contributed by atoms with Crippen molar-refractivity contribution in [3.05, 3.63) is 42.2 Å². The monoisotopic (exact) mass is 422 g/mol. The van der Waals surface area contributed by atoms with Crippen LogP contribution in [0.5, 0.6) is 11.5 Å². The maximum absolute atomic E-state index is 13.1. The SMILES string of the molecule is COc1ccc(OC)c(S(=O)(=O)NCC(c2cccn2C)N2CCN(C)CC2)c1. The van der Waals surface area contributed by atoms with E-state index in [0.717, 1.165) is 31.9 Å². The van der Waals surface area contributed by atoms with Gasteiger partial charge in [-0.05, 0) is 31.3 Å². The molecule has 0 spiro atoms. The molecule has 160 valence electrons. The molecule has 29 heavy (non-hydrogen) atoms. The van der Waals surface area contributed by atoms with Crippen molar-refractivity contribution < 1.29 is 17.9 Å². The number of methoxy groups -OCH3 is 2. The minimum atomic E-state index is -3.79. The molecule has 0 aliphatic carbocycles. The van der Waals surface area contributed by atoms with E-state index in [4.69, 9.17) is 9.47 Å². The molecular weight excluding hydrogens is 392 g/mol. The van der Waals surface area contributed by atoms with Gasteiger partial charge < -0.3 is 18.9 Å². The Hall–Kier alpha value is -2.07. The first-order valence-corrected chi connectivity index (χ1v) is 11.1. The fourth-order valence-electron chi connectivity index (χ4n) is 3.64. The number of benzene rings is 1. The van der Waals surface area contributed by atoms with Crippen LogP contribution in [0.2, 0.25) is 0 Å². The van der Waals surface area contributed by atoms with Crippen molar-refractivity contribution in [3.63, 3.8) is 0 Å². The van der Waals surface area contributed by atoms with Gasteiger partial charge in [-0.25, -0.2) is 13.1 Å². The van der Waals surface area contributed by atoms with Gasteiger partial charge in [0.1, 0.15) is 16.4 Å². The van der Waals surface area contributed by atoms with Crippen molar-refractivity contribution in [3.8, 4) is 11.5 Å². The van der Waals surface area contributed by atoms with Crippen molar-refractivity contribution in [2.45, 2.75) is 10.9 Å². The normalized spacial score (nSPS) is 17.2. The lowest BCUT2D eigenvalue weighted by Gasteiger charge is -2.38. The number of sulfonamides is 1. The molecule has 1 fully saturated rings. The molecule has 0 radical (unpaired) electrons. The van der Waals surface area contributed by atoms with Crippen LogP contribution < -0.4 is 14.2 Å². The second-order valence-electron chi connectivity index (χ2n) is 7.27. The first-order valence-electron chi connectivity index (χ1n) is 9.61. The van der Waals surface area contributed by atoms with Gasteiger partial charge in [0.15, 0.2) is 0 Å². The third-order valence-corrected chi connectivity index (χ3v) is 6.88. The predicted octanol–water partition coefficient (Wildman–Crippen LogP) is 1.31. The summed E-state index contributed by atoms with van der Waals surface area (Å²) in [6.07, 6.45) is 1.98. The molecule has 2 heterocycles. The summed E-state index contributed by atoms with van der Waals surface area (Å²) in [5.74, 6) is 0.748. The molecule has 3 rings (SSSR count). The highest BCUT2D eigenvalue weighted by Crippen LogP contribution is 2.29. The Kier molecular flexibility index (Phi) is 6.84. The number of aryl methyl sites for hydroxylation is 1. The number of aromatic nitrogens is 1. The van der Waals surface area contributed by atoms with Crippen LogP contribution in [-0.4, -0.2) is 76.8 Å². The van der Waals surface area contributed by atoms with Crippen LogP contribution in [0.3, 0.4) is 0 Å². The number of hydrogen-bond acceptors (Lipinski definition) is 6. The average Bonchev–Trinajstić information content (AvgIpc) is 3.14. The van der Waals surface area contributed by atoms with Crippen molar-refractivity contribution in [1.82, 2.24) is 19.1 Å². The first-order chi connectivity index (χ1) is 13.9. The highest BCUT2D eigenvalue weighted by Gasteiger charge is 2.28. The van der Waals surface area contributed by atoms with Crippen LogP contribution in [0.25, 0.3) is 0 Å². The van der Waals surface area contributed by atoms with Crippen LogP contribution >= 0.6 is 0 Å². The lowest BCUT2D eigenvalue weighted by atomic mass is 10.1. The maximum Gasteiger partial charge on any atom is 0.244 e. The van der Waals surface area contributed by atoms with E-state index < -0.39 is 10.0 Å². The summed E-state index contributed by atoms with van der Waals surface area (Å²) in [6.45, 7) is 3.95. The number of rotatable bonds is 8. The number of ether oxygens (including phenoxy) is 2. The van der Waals surface area contributed by atoms with Gasteiger partial charge in [0.05, 0.1) is 20.3 Å². The van der Waals surface area contributed by atoms with Crippen molar-refractivity contribution in [2.24, 2.45) is 7.05 Å². The van der Waals surface area contributed by atoms with E-state index in [2.05, 4.69) is 21.6 Å². The van der Waals surface area contributed by atoms with Gasteiger partial charge >= 0.3 is 0 Å². The highest BCUT2D eigenvalue weighted by atomic mass is 32.2. The van der Waals surface area contributed by atoms with E-state index in [9.17, 15) is 8.42 Å². The van der Waals surface area contributed by atoms with E-state index in [1.807, 2.05) is 29.9 Å². The molecule has 1 aliphatic heterocycles. The lowest BCUT2D eigenvalue weighted by molar-refractivity contribution is 0.109. The third kappa shape index (κ3) is 4.92. The summed E-state index contributed by atoms with van der Waals surface area (Å²) in [4.78, 5) is 4.69. The second-order valence-corrected chi connectivity index (χ2v) is 9.00. The standard InChI is InChI=1S/C20H30N4O4S/c1-22-10-12-24(13-11-22)18(17-6-5-9-23(17)2)15-21-29(25,26)20-14-16(27-3)7-8-19(20)28-4/h5-9,14,18,21H,10-13,15H2,1-4H3. The van der Waals surface area contributed by atoms with Gasteiger partial charge in [-0.2, -0.15) is 0 Å². The zero-order valence-corrected chi connectivity index (χ0v) is 18.3. The fraction of sp³-hybridized carbons (Fsp3) is 0.500. The van der Waals surface area contributed by atoms with E-state index in [-0.39, 0.29) is 23.2 Å². The first kappa shape index (κ1) is 21.6. The third-order valence-electron chi connectivity index (χ3n) is 5.43. The minimum absolute atomic E-state index is 0.0601. The van der Waals surface area contributed by atoms with E-state index in [1.54, 1.807) is 12.1 Å². The Morgan fingerprint density at radius 2 is 1.79 bits per heavy atom. The van der Waals surface area contributed by atoms with E-state index in [1.165, 1.54) is 20.3 Å². The minimum Gasteiger partial charge on any atom is -0.497 e. The summed E-state index contributed by atoms with van der Waals surface area (Å²) in [5, 5.41) is 0. The summed E-state index contributed by atoms with van der Waals surface area (Å²) in [7, 11) is 3.26. The summed E-state index contributed by atoms with van der Waals surface area (Å²) in [6, 6.07) is 8.72. The van der Waals surface area contributed by atoms with E-state index in [0.29, 0.717) is 5.75 Å². The molecule has 1 unspecified atom stereocenters. The van der Waals surface area contributed by atoms with Crippen molar-refractivity contribution in [2.75, 3.05) is 54.0 Å². The number of nitrogens with one attached hydrogen (secondary N) is 1. The molecule has 0 amide bonds. The molecule has 8 nitrogen and oxygen atoms in total. The molecule has 1 atom stereocenters. The molecular formula is C20H30N4O4S. The molecule has 1 aliphatic rings. The lowest BCUT2D eigenvalue weighted by Crippen LogP contribution is -2.48. The van der Waals surface area contributed by atoms with Crippen LogP contribution in [0, 0.1) is 0 Å². The molecule has 9 heteroatoms. The Morgan fingerprint density at radius 3 is 2.38 bits per heavy atom. The van der Waals surface area contributed by atoms with Crippen LogP contribution in [-0.2, 0) is 17.1 Å². The summed E-state index contributed by atoms with van der Waals surface area (Å²) in [5.41, 5.74) is 1.08. The Labute approximate surface area is 173 Å². The fourth-order valence-corrected chi connectivity index (χ4v) is 4.86. The van der Waals surface area contributed by atoms with Gasteiger partial charge in [0, 0.05) is 57.7 Å². The number of piperazine rings is 1. The summed E-state index contributed by atoms with van der Waals surface area (Å²) >= 11 is 0. The zero-order valence-electron chi connectivity index (χ0n) is 17.5. The van der Waals surface area contributed by atoms with Crippen LogP contribution in [0.15, 0.2) is 41.4 Å². The quantitative estimate of drug-likeness (QED) is 0.691. The molecule has 0 bridgehead atoms. The number of hydrogen-bond donors (Lipinski definition) is 1. The largest absolute Gasteiger partial charge is 0.497 e. The molecule has 1 saturated heterocycles. The van der Waals surface area contributed by atoms with Gasteiger partial charge in [-0.1, -0.05) is 0 Å². The predicted molar refractivity (Wildman–Crippen MR) is 112 cm³/mol. The molecule has 1 aromatic heterocycles. The summed E-state index contributed by atoms with van der Waals surface area (Å²) < 4.78 is 41.5. The molecule has 0 saturated carbocycles. The zero-order chi connectivity index (χ0) is 21.0. The maximum atomic E-state index is 13.1. The molecule has 1 aromatic carbocycles. The average molecular weight is 423 g/mol. The molecule has 1 N–H and O–H groups in total. The van der Waals surface area contributed by atoms with Gasteiger partial charge in [0.2, 0.25) is 10.0 Å². The van der Waals surface area contributed by atoms with Crippen LogP contribution in [0.4, 0.5) is 0 Å². The number of likely N-dealkylation sites (N-methyl/N-ethyl adjacent to an activating group) is 1. The van der Waals surface area contributed by atoms with E-state index >= 15 is 0 Å². The smallest absolute Gasteiger partial charge is 0.244 e. The topological polar surface area (TPSA) is 76.0 Å². The van der Waals surface area contributed by atoms with Gasteiger partial charge in [-0.3, -0.25) is 4.90 Å². The van der Waals surface area contributed by atoms with Gasteiger partial charge in [0.25, 0.3) is 0 Å². The second kappa shape index (κ2) is 9.17. The number of nitrogens with zero attached hydrogens (tertiary/aromatic N) is 3. The van der Waals surface area contributed by atoms with Crippen molar-refractivity contribution >= 4 is 10.0 Å². The Bertz CT molecular complexity index is 920. The van der Waals surface area contributed by atoms with Gasteiger partial charge in [-0.15, -0.1) is 0 Å². The van der Waals surface area contributed by atoms with Crippen molar-refractivity contribution in [1.29, 1.82) is 0 Å².